The van der Waals surface area contributed by atoms with E-state index in [0.29, 0.717) is 5.56 Å². The van der Waals surface area contributed by atoms with Crippen molar-refractivity contribution in [2.24, 2.45) is 0 Å². The topological polar surface area (TPSA) is 117 Å². The molecule has 29 heavy (non-hydrogen) atoms. The number of halogens is 2. The highest BCUT2D eigenvalue weighted by Gasteiger charge is 2.49. The van der Waals surface area contributed by atoms with Gasteiger partial charge in [0.2, 0.25) is 11.8 Å². The quantitative estimate of drug-likeness (QED) is 0.544. The number of imide groups is 1. The van der Waals surface area contributed by atoms with Crippen LogP contribution in [0.3, 0.4) is 0 Å². The summed E-state index contributed by atoms with van der Waals surface area (Å²) in [7, 11) is 0. The Balaban J connectivity index is 2.02. The van der Waals surface area contributed by atoms with E-state index in [1.165, 1.54) is 31.2 Å². The molecule has 0 saturated carbocycles. The highest BCUT2D eigenvalue weighted by atomic mass is 19.3. The molecule has 5 amide bonds. The van der Waals surface area contributed by atoms with Crippen molar-refractivity contribution in [1.82, 2.24) is 20.9 Å². The highest BCUT2D eigenvalue weighted by molar-refractivity contribution is 6.09. The summed E-state index contributed by atoms with van der Waals surface area (Å²) >= 11 is 0. The lowest BCUT2D eigenvalue weighted by molar-refractivity contribution is -0.135. The average Bonchev–Trinajstić information content (AvgIpc) is 2.83. The summed E-state index contributed by atoms with van der Waals surface area (Å²) in [5.74, 6) is -1.87. The lowest BCUT2D eigenvalue weighted by Gasteiger charge is -2.22. The average molecular weight is 412 g/mol. The number of urea groups is 1. The zero-order valence-corrected chi connectivity index (χ0v) is 16.1. The summed E-state index contributed by atoms with van der Waals surface area (Å²) in [4.78, 5) is 49.3. The molecule has 2 rings (SSSR count). The van der Waals surface area contributed by atoms with Crippen LogP contribution in [0.1, 0.15) is 26.3 Å². The van der Waals surface area contributed by atoms with Crippen LogP contribution in [-0.4, -0.2) is 54.4 Å². The van der Waals surface area contributed by atoms with Gasteiger partial charge in [-0.1, -0.05) is 12.1 Å². The van der Waals surface area contributed by atoms with Crippen molar-refractivity contribution in [3.05, 3.63) is 29.8 Å². The Morgan fingerprint density at radius 2 is 1.79 bits per heavy atom. The summed E-state index contributed by atoms with van der Waals surface area (Å²) in [5.41, 5.74) is -1.15. The number of nitrogens with one attached hydrogen (secondary N) is 3. The third-order valence-electron chi connectivity index (χ3n) is 4.13. The second kappa shape index (κ2) is 8.84. The van der Waals surface area contributed by atoms with E-state index in [2.05, 4.69) is 20.7 Å². The predicted molar refractivity (Wildman–Crippen MR) is 97.0 cm³/mol. The molecule has 1 heterocycles. The van der Waals surface area contributed by atoms with Gasteiger partial charge in [-0.3, -0.25) is 19.3 Å². The van der Waals surface area contributed by atoms with Gasteiger partial charge in [-0.15, -0.1) is 0 Å². The van der Waals surface area contributed by atoms with Crippen LogP contribution in [0.4, 0.5) is 13.6 Å². The minimum Gasteiger partial charge on any atom is -0.435 e. The van der Waals surface area contributed by atoms with Gasteiger partial charge in [0, 0.05) is 6.04 Å². The zero-order valence-electron chi connectivity index (χ0n) is 16.1. The molecule has 1 fully saturated rings. The number of carbonyl (C=O) groups excluding carboxylic acids is 4. The van der Waals surface area contributed by atoms with Gasteiger partial charge in [0.1, 0.15) is 17.8 Å². The van der Waals surface area contributed by atoms with Crippen LogP contribution in [0.25, 0.3) is 0 Å². The zero-order chi connectivity index (χ0) is 21.8. The van der Waals surface area contributed by atoms with Crippen LogP contribution in [0.5, 0.6) is 5.75 Å². The van der Waals surface area contributed by atoms with E-state index in [0.717, 1.165) is 4.90 Å². The maximum Gasteiger partial charge on any atom is 0.387 e. The van der Waals surface area contributed by atoms with Gasteiger partial charge in [-0.25, -0.2) is 4.79 Å². The summed E-state index contributed by atoms with van der Waals surface area (Å²) in [6.07, 6.45) is 0. The van der Waals surface area contributed by atoms with Gasteiger partial charge in [0.05, 0.1) is 6.54 Å². The normalized spacial score (nSPS) is 18.8. The van der Waals surface area contributed by atoms with E-state index in [-0.39, 0.29) is 18.3 Å². The summed E-state index contributed by atoms with van der Waals surface area (Å²) in [6.45, 7) is 1.12. The van der Waals surface area contributed by atoms with Gasteiger partial charge in [-0.2, -0.15) is 8.78 Å². The van der Waals surface area contributed by atoms with E-state index >= 15 is 0 Å². The molecule has 0 aromatic heterocycles. The standard InChI is InChI=1S/C18H22F2N4O5/c1-10(2)22-13(25)8-21-14(26)9-24-15(27)18(3,23-17(24)28)11-4-6-12(7-5-11)29-16(19)20/h4-7,10,16H,8-9H2,1-3H3,(H,21,26)(H,22,25)(H,23,28)/t18-/m1/s1. The SMILES string of the molecule is CC(C)NC(=O)CNC(=O)CN1C(=O)N[C@](C)(c2ccc(OC(F)F)cc2)C1=O. The van der Waals surface area contributed by atoms with Crippen molar-refractivity contribution >= 4 is 23.8 Å². The number of ether oxygens (including phenoxy) is 1. The monoisotopic (exact) mass is 412 g/mol. The fourth-order valence-corrected chi connectivity index (χ4v) is 2.76. The van der Waals surface area contributed by atoms with Gasteiger partial charge >= 0.3 is 12.6 Å². The molecule has 158 valence electrons. The number of nitrogens with zero attached hydrogens (tertiary/aromatic N) is 1. The fraction of sp³-hybridized carbons (Fsp3) is 0.444. The van der Waals surface area contributed by atoms with E-state index < -0.39 is 42.4 Å². The van der Waals surface area contributed by atoms with Gasteiger partial charge in [-0.05, 0) is 38.5 Å². The first-order valence-electron chi connectivity index (χ1n) is 8.78. The molecule has 1 aliphatic heterocycles. The Kier molecular flexibility index (Phi) is 6.72. The molecule has 0 unspecified atom stereocenters. The molecule has 11 heteroatoms. The molecular weight excluding hydrogens is 390 g/mol. The molecule has 1 aromatic rings. The molecule has 0 bridgehead atoms. The largest absolute Gasteiger partial charge is 0.435 e. The van der Waals surface area contributed by atoms with Gasteiger partial charge in [0.25, 0.3) is 5.91 Å². The number of benzene rings is 1. The first-order chi connectivity index (χ1) is 13.5. The van der Waals surface area contributed by atoms with Crippen molar-refractivity contribution in [2.45, 2.75) is 39.0 Å². The maximum atomic E-state index is 12.8. The van der Waals surface area contributed by atoms with Crippen LogP contribution in [-0.2, 0) is 19.9 Å². The number of carbonyl (C=O) groups is 4. The Labute approximate surface area is 165 Å². The molecule has 0 aliphatic carbocycles. The Morgan fingerprint density at radius 3 is 2.34 bits per heavy atom. The lowest BCUT2D eigenvalue weighted by Crippen LogP contribution is -2.45. The summed E-state index contributed by atoms with van der Waals surface area (Å²) < 4.78 is 28.8. The van der Waals surface area contributed by atoms with Crippen LogP contribution in [0.2, 0.25) is 0 Å². The van der Waals surface area contributed by atoms with E-state index in [4.69, 9.17) is 0 Å². The molecule has 1 saturated heterocycles. The smallest absolute Gasteiger partial charge is 0.387 e. The van der Waals surface area contributed by atoms with E-state index in [9.17, 15) is 28.0 Å². The second-order valence-corrected chi connectivity index (χ2v) is 6.85. The molecule has 9 nitrogen and oxygen atoms in total. The van der Waals surface area contributed by atoms with Crippen molar-refractivity contribution in [3.63, 3.8) is 0 Å². The number of rotatable bonds is 8. The first-order valence-corrected chi connectivity index (χ1v) is 8.78. The van der Waals surface area contributed by atoms with Crippen LogP contribution >= 0.6 is 0 Å². The molecule has 1 aliphatic rings. The third kappa shape index (κ3) is 5.39. The van der Waals surface area contributed by atoms with Gasteiger partial charge < -0.3 is 20.7 Å². The van der Waals surface area contributed by atoms with Crippen molar-refractivity contribution in [3.8, 4) is 5.75 Å². The highest BCUT2D eigenvalue weighted by Crippen LogP contribution is 2.30. The van der Waals surface area contributed by atoms with Crippen LogP contribution < -0.4 is 20.7 Å². The number of alkyl halides is 2. The summed E-state index contributed by atoms with van der Waals surface area (Å²) in [5, 5.41) is 7.42. The van der Waals surface area contributed by atoms with Crippen LogP contribution in [0, 0.1) is 0 Å². The Morgan fingerprint density at radius 1 is 1.17 bits per heavy atom. The summed E-state index contributed by atoms with van der Waals surface area (Å²) in [6, 6.07) is 4.35. The minimum absolute atomic E-state index is 0.0940. The molecule has 0 spiro atoms. The number of hydrogen-bond donors (Lipinski definition) is 3. The van der Waals surface area contributed by atoms with Gasteiger partial charge in [0.15, 0.2) is 0 Å². The van der Waals surface area contributed by atoms with Crippen molar-refractivity contribution in [1.29, 1.82) is 0 Å². The lowest BCUT2D eigenvalue weighted by atomic mass is 9.92. The molecular formula is C18H22F2N4O5. The molecule has 0 radical (unpaired) electrons. The van der Waals surface area contributed by atoms with Crippen molar-refractivity contribution < 1.29 is 32.7 Å². The minimum atomic E-state index is -2.99. The van der Waals surface area contributed by atoms with Crippen LogP contribution in [0.15, 0.2) is 24.3 Å². The fourth-order valence-electron chi connectivity index (χ4n) is 2.76. The number of amides is 5. The third-order valence-corrected chi connectivity index (χ3v) is 4.13. The number of hydrogen-bond acceptors (Lipinski definition) is 5. The molecule has 3 N–H and O–H groups in total. The first kappa shape index (κ1) is 22.1. The van der Waals surface area contributed by atoms with Crippen molar-refractivity contribution in [2.75, 3.05) is 13.1 Å². The molecule has 1 atom stereocenters. The van der Waals surface area contributed by atoms with E-state index in [1.54, 1.807) is 13.8 Å². The Hall–Kier alpha value is -3.24. The van der Waals surface area contributed by atoms with E-state index in [1.807, 2.05) is 0 Å². The second-order valence-electron chi connectivity index (χ2n) is 6.85. The predicted octanol–water partition coefficient (Wildman–Crippen LogP) is 0.696. The molecule has 1 aromatic carbocycles. The maximum absolute atomic E-state index is 12.8. The Bertz CT molecular complexity index is 800.